The van der Waals surface area contributed by atoms with Gasteiger partial charge in [-0.2, -0.15) is 0 Å². The lowest BCUT2D eigenvalue weighted by Gasteiger charge is -2.12. The highest BCUT2D eigenvalue weighted by Crippen LogP contribution is 2.34. The highest BCUT2D eigenvalue weighted by Gasteiger charge is 2.08. The van der Waals surface area contributed by atoms with Crippen molar-refractivity contribution in [2.75, 3.05) is 0 Å². The smallest absolute Gasteiger partial charge is 0.0204 e. The quantitative estimate of drug-likeness (QED) is 0.330. The van der Waals surface area contributed by atoms with E-state index in [4.69, 9.17) is 0 Å². The Morgan fingerprint density at radius 2 is 0.923 bits per heavy atom. The molecule has 0 heterocycles. The normalized spacial score (nSPS) is 10.7. The van der Waals surface area contributed by atoms with Gasteiger partial charge < -0.3 is 0 Å². The van der Waals surface area contributed by atoms with Crippen molar-refractivity contribution in [3.8, 4) is 33.4 Å². The van der Waals surface area contributed by atoms with E-state index >= 15 is 0 Å². The van der Waals surface area contributed by atoms with Crippen LogP contribution in [0.4, 0.5) is 0 Å². The molecule has 0 bridgehead atoms. The average Bonchev–Trinajstić information content (AvgIpc) is 2.71. The van der Waals surface area contributed by atoms with E-state index in [0.29, 0.717) is 0 Å². The zero-order valence-electron chi connectivity index (χ0n) is 14.6. The maximum atomic E-state index is 3.60. The Kier molecular flexibility index (Phi) is 4.73. The second kappa shape index (κ2) is 7.31. The standard InChI is InChI=1S/C25H19Br/c1-18-14-21(12-13-25(18)26)24-16-22(19-8-4-2-5-9-19)15-23(17-24)20-10-6-3-7-11-20/h2-17H,1H3. The molecule has 0 aliphatic heterocycles. The number of rotatable bonds is 3. The van der Waals surface area contributed by atoms with Crippen LogP contribution < -0.4 is 0 Å². The molecule has 4 aromatic rings. The van der Waals surface area contributed by atoms with E-state index in [1.165, 1.54) is 38.9 Å². The molecule has 0 N–H and O–H groups in total. The molecule has 0 unspecified atom stereocenters. The van der Waals surface area contributed by atoms with Gasteiger partial charge in [-0.3, -0.25) is 0 Å². The van der Waals surface area contributed by atoms with Crippen LogP contribution in [-0.4, -0.2) is 0 Å². The van der Waals surface area contributed by atoms with Crippen LogP contribution >= 0.6 is 15.9 Å². The highest BCUT2D eigenvalue weighted by atomic mass is 79.9. The zero-order chi connectivity index (χ0) is 17.9. The van der Waals surface area contributed by atoms with Crippen LogP contribution in [0.3, 0.4) is 0 Å². The van der Waals surface area contributed by atoms with Gasteiger partial charge in [-0.1, -0.05) is 88.7 Å². The van der Waals surface area contributed by atoms with Gasteiger partial charge in [0.15, 0.2) is 0 Å². The van der Waals surface area contributed by atoms with E-state index in [0.717, 1.165) is 4.47 Å². The van der Waals surface area contributed by atoms with E-state index in [1.807, 2.05) is 0 Å². The lowest BCUT2D eigenvalue weighted by Crippen LogP contribution is -1.87. The molecular weight excluding hydrogens is 380 g/mol. The molecule has 0 aromatic heterocycles. The molecule has 0 atom stereocenters. The number of hydrogen-bond donors (Lipinski definition) is 0. The van der Waals surface area contributed by atoms with Crippen molar-refractivity contribution in [2.24, 2.45) is 0 Å². The second-order valence-corrected chi connectivity index (χ2v) is 7.35. The van der Waals surface area contributed by atoms with Gasteiger partial charge in [-0.25, -0.2) is 0 Å². The Morgan fingerprint density at radius 1 is 0.462 bits per heavy atom. The second-order valence-electron chi connectivity index (χ2n) is 6.50. The van der Waals surface area contributed by atoms with E-state index in [1.54, 1.807) is 0 Å². The fourth-order valence-corrected chi connectivity index (χ4v) is 3.46. The molecule has 4 rings (SSSR count). The summed E-state index contributed by atoms with van der Waals surface area (Å²) < 4.78 is 1.14. The fraction of sp³-hybridized carbons (Fsp3) is 0.0400. The van der Waals surface area contributed by atoms with Crippen LogP contribution in [0, 0.1) is 6.92 Å². The van der Waals surface area contributed by atoms with Gasteiger partial charge in [0, 0.05) is 4.47 Å². The predicted molar refractivity (Wildman–Crippen MR) is 115 cm³/mol. The van der Waals surface area contributed by atoms with Gasteiger partial charge >= 0.3 is 0 Å². The van der Waals surface area contributed by atoms with E-state index < -0.39 is 0 Å². The Balaban J connectivity index is 1.92. The van der Waals surface area contributed by atoms with Gasteiger partial charge in [-0.05, 0) is 70.1 Å². The minimum absolute atomic E-state index is 1.14. The summed E-state index contributed by atoms with van der Waals surface area (Å²) in [7, 11) is 0. The number of aryl methyl sites for hydroxylation is 1. The average molecular weight is 399 g/mol. The Hall–Kier alpha value is -2.64. The summed E-state index contributed by atoms with van der Waals surface area (Å²) in [6.07, 6.45) is 0. The largest absolute Gasteiger partial charge is 0.0622 e. The van der Waals surface area contributed by atoms with Crippen LogP contribution in [0.25, 0.3) is 33.4 Å². The molecule has 0 aliphatic carbocycles. The molecule has 0 saturated heterocycles. The van der Waals surface area contributed by atoms with E-state index in [-0.39, 0.29) is 0 Å². The van der Waals surface area contributed by atoms with Crippen LogP contribution in [0.2, 0.25) is 0 Å². The third-order valence-electron chi connectivity index (χ3n) is 4.64. The topological polar surface area (TPSA) is 0 Å². The van der Waals surface area contributed by atoms with Crippen LogP contribution in [0.1, 0.15) is 5.56 Å². The molecular formula is C25H19Br. The van der Waals surface area contributed by atoms with Crippen LogP contribution in [-0.2, 0) is 0 Å². The van der Waals surface area contributed by atoms with E-state index in [2.05, 4.69) is 120 Å². The first-order chi connectivity index (χ1) is 12.7. The first kappa shape index (κ1) is 16.8. The van der Waals surface area contributed by atoms with E-state index in [9.17, 15) is 0 Å². The summed E-state index contributed by atoms with van der Waals surface area (Å²) >= 11 is 3.60. The van der Waals surface area contributed by atoms with Crippen LogP contribution in [0.5, 0.6) is 0 Å². The van der Waals surface area contributed by atoms with Gasteiger partial charge in [0.2, 0.25) is 0 Å². The lowest BCUT2D eigenvalue weighted by atomic mass is 9.93. The molecule has 0 aliphatic rings. The van der Waals surface area contributed by atoms with Crippen molar-refractivity contribution in [2.45, 2.75) is 6.92 Å². The third kappa shape index (κ3) is 3.49. The zero-order valence-corrected chi connectivity index (χ0v) is 16.2. The summed E-state index contributed by atoms with van der Waals surface area (Å²) in [6, 6.07) is 34.5. The minimum Gasteiger partial charge on any atom is -0.0622 e. The van der Waals surface area contributed by atoms with Crippen molar-refractivity contribution in [3.63, 3.8) is 0 Å². The Bertz CT molecular complexity index is 976. The predicted octanol–water partition coefficient (Wildman–Crippen LogP) is 7.76. The van der Waals surface area contributed by atoms with Crippen molar-refractivity contribution in [3.05, 3.63) is 107 Å². The SMILES string of the molecule is Cc1cc(-c2cc(-c3ccccc3)cc(-c3ccccc3)c2)ccc1Br. The highest BCUT2D eigenvalue weighted by molar-refractivity contribution is 9.10. The molecule has 0 spiro atoms. The molecule has 0 amide bonds. The van der Waals surface area contributed by atoms with Gasteiger partial charge in [0.25, 0.3) is 0 Å². The molecule has 0 fully saturated rings. The minimum atomic E-state index is 1.14. The fourth-order valence-electron chi connectivity index (χ4n) is 3.21. The first-order valence-electron chi connectivity index (χ1n) is 8.73. The maximum absolute atomic E-state index is 3.60. The van der Waals surface area contributed by atoms with Crippen molar-refractivity contribution in [1.29, 1.82) is 0 Å². The summed E-state index contributed by atoms with van der Waals surface area (Å²) in [4.78, 5) is 0. The Morgan fingerprint density at radius 3 is 1.38 bits per heavy atom. The molecule has 26 heavy (non-hydrogen) atoms. The monoisotopic (exact) mass is 398 g/mol. The third-order valence-corrected chi connectivity index (χ3v) is 5.53. The summed E-state index contributed by atoms with van der Waals surface area (Å²) in [6.45, 7) is 2.13. The maximum Gasteiger partial charge on any atom is 0.0204 e. The number of benzene rings is 4. The molecule has 0 radical (unpaired) electrons. The Labute approximate surface area is 163 Å². The molecule has 0 saturated carbocycles. The van der Waals surface area contributed by atoms with Gasteiger partial charge in [0.1, 0.15) is 0 Å². The summed E-state index contributed by atoms with van der Waals surface area (Å²) in [5.41, 5.74) is 8.67. The molecule has 126 valence electrons. The van der Waals surface area contributed by atoms with Crippen molar-refractivity contribution >= 4 is 15.9 Å². The number of hydrogen-bond acceptors (Lipinski definition) is 0. The lowest BCUT2D eigenvalue weighted by molar-refractivity contribution is 1.43. The first-order valence-corrected chi connectivity index (χ1v) is 9.52. The van der Waals surface area contributed by atoms with Crippen molar-refractivity contribution < 1.29 is 0 Å². The molecule has 0 nitrogen and oxygen atoms in total. The van der Waals surface area contributed by atoms with Gasteiger partial charge in [0.05, 0.1) is 0 Å². The summed E-state index contributed by atoms with van der Waals surface area (Å²) in [5.74, 6) is 0. The molecule has 1 heteroatoms. The number of halogens is 1. The van der Waals surface area contributed by atoms with Crippen LogP contribution in [0.15, 0.2) is 102 Å². The summed E-state index contributed by atoms with van der Waals surface area (Å²) in [5, 5.41) is 0. The van der Waals surface area contributed by atoms with Crippen molar-refractivity contribution in [1.82, 2.24) is 0 Å². The molecule has 4 aromatic carbocycles. The van der Waals surface area contributed by atoms with Gasteiger partial charge in [-0.15, -0.1) is 0 Å².